The molecule has 0 saturated carbocycles. The van der Waals surface area contributed by atoms with E-state index in [1.54, 1.807) is 0 Å². The first-order valence-electron chi connectivity index (χ1n) is 6.56. The SMILES string of the molecule is CCCNC(=O)CN1CCc2c(N)cccc2C1. The number of anilines is 1. The summed E-state index contributed by atoms with van der Waals surface area (Å²) in [4.78, 5) is 13.8. The molecule has 0 bridgehead atoms. The molecule has 2 rings (SSSR count). The Balaban J connectivity index is 1.94. The van der Waals surface area contributed by atoms with Crippen molar-refractivity contribution in [2.45, 2.75) is 26.3 Å². The van der Waals surface area contributed by atoms with Crippen LogP contribution in [0.25, 0.3) is 0 Å². The Bertz CT molecular complexity index is 431. The maximum atomic E-state index is 11.7. The summed E-state index contributed by atoms with van der Waals surface area (Å²) in [6.07, 6.45) is 1.91. The molecule has 0 fully saturated rings. The Labute approximate surface area is 108 Å². The van der Waals surface area contributed by atoms with Crippen molar-refractivity contribution in [3.05, 3.63) is 29.3 Å². The first kappa shape index (κ1) is 12.9. The topological polar surface area (TPSA) is 58.4 Å². The average molecular weight is 247 g/mol. The van der Waals surface area contributed by atoms with E-state index in [2.05, 4.69) is 23.2 Å². The van der Waals surface area contributed by atoms with Crippen molar-refractivity contribution in [1.82, 2.24) is 10.2 Å². The van der Waals surface area contributed by atoms with E-state index >= 15 is 0 Å². The molecule has 1 amide bonds. The van der Waals surface area contributed by atoms with Gasteiger partial charge in [0.15, 0.2) is 0 Å². The smallest absolute Gasteiger partial charge is 0.234 e. The van der Waals surface area contributed by atoms with Crippen LogP contribution in [0.4, 0.5) is 5.69 Å². The summed E-state index contributed by atoms with van der Waals surface area (Å²) in [6.45, 7) is 5.02. The fraction of sp³-hybridized carbons (Fsp3) is 0.500. The number of fused-ring (bicyclic) bond motifs is 1. The van der Waals surface area contributed by atoms with Gasteiger partial charge in [0, 0.05) is 25.3 Å². The van der Waals surface area contributed by atoms with Gasteiger partial charge in [0.2, 0.25) is 5.91 Å². The number of hydrogen-bond acceptors (Lipinski definition) is 3. The van der Waals surface area contributed by atoms with E-state index in [1.165, 1.54) is 11.1 Å². The monoisotopic (exact) mass is 247 g/mol. The van der Waals surface area contributed by atoms with Gasteiger partial charge < -0.3 is 11.1 Å². The predicted molar refractivity (Wildman–Crippen MR) is 73.1 cm³/mol. The number of rotatable bonds is 4. The lowest BCUT2D eigenvalue weighted by molar-refractivity contribution is -0.122. The lowest BCUT2D eigenvalue weighted by Crippen LogP contribution is -2.40. The van der Waals surface area contributed by atoms with Crippen LogP contribution in [0.2, 0.25) is 0 Å². The highest BCUT2D eigenvalue weighted by Crippen LogP contribution is 2.23. The zero-order valence-corrected chi connectivity index (χ0v) is 10.9. The number of carbonyl (C=O) groups excluding carboxylic acids is 1. The maximum absolute atomic E-state index is 11.7. The summed E-state index contributed by atoms with van der Waals surface area (Å²) in [5, 5.41) is 2.91. The molecule has 0 spiro atoms. The number of nitrogens with one attached hydrogen (secondary N) is 1. The molecule has 3 N–H and O–H groups in total. The van der Waals surface area contributed by atoms with Gasteiger partial charge in [-0.1, -0.05) is 19.1 Å². The Kier molecular flexibility index (Phi) is 4.20. The first-order chi connectivity index (χ1) is 8.70. The third-order valence-corrected chi connectivity index (χ3v) is 3.32. The highest BCUT2D eigenvalue weighted by molar-refractivity contribution is 5.78. The first-order valence-corrected chi connectivity index (χ1v) is 6.56. The summed E-state index contributed by atoms with van der Waals surface area (Å²) >= 11 is 0. The van der Waals surface area contributed by atoms with Crippen LogP contribution in [0, 0.1) is 0 Å². The van der Waals surface area contributed by atoms with Crippen molar-refractivity contribution in [2.24, 2.45) is 0 Å². The predicted octanol–water partition coefficient (Wildman–Crippen LogP) is 1.15. The van der Waals surface area contributed by atoms with Crippen LogP contribution in [0.15, 0.2) is 18.2 Å². The minimum absolute atomic E-state index is 0.115. The minimum atomic E-state index is 0.115. The fourth-order valence-electron chi connectivity index (χ4n) is 2.36. The molecule has 1 heterocycles. The zero-order chi connectivity index (χ0) is 13.0. The van der Waals surface area contributed by atoms with Gasteiger partial charge in [0.05, 0.1) is 6.54 Å². The van der Waals surface area contributed by atoms with Crippen LogP contribution in [-0.2, 0) is 17.8 Å². The van der Waals surface area contributed by atoms with Gasteiger partial charge in [0.25, 0.3) is 0 Å². The number of hydrogen-bond donors (Lipinski definition) is 2. The van der Waals surface area contributed by atoms with Crippen LogP contribution < -0.4 is 11.1 Å². The molecule has 1 aromatic rings. The molecule has 98 valence electrons. The fourth-order valence-corrected chi connectivity index (χ4v) is 2.36. The molecule has 0 aromatic heterocycles. The van der Waals surface area contributed by atoms with Gasteiger partial charge in [-0.05, 0) is 30.0 Å². The highest BCUT2D eigenvalue weighted by Gasteiger charge is 2.19. The van der Waals surface area contributed by atoms with E-state index in [-0.39, 0.29) is 5.91 Å². The molecule has 0 radical (unpaired) electrons. The quantitative estimate of drug-likeness (QED) is 0.785. The van der Waals surface area contributed by atoms with Crippen molar-refractivity contribution in [1.29, 1.82) is 0 Å². The Morgan fingerprint density at radius 2 is 2.33 bits per heavy atom. The molecule has 4 heteroatoms. The summed E-state index contributed by atoms with van der Waals surface area (Å²) in [7, 11) is 0. The summed E-state index contributed by atoms with van der Waals surface area (Å²) in [5.41, 5.74) is 9.34. The lowest BCUT2D eigenvalue weighted by atomic mass is 9.98. The highest BCUT2D eigenvalue weighted by atomic mass is 16.2. The molecular formula is C14H21N3O. The molecule has 18 heavy (non-hydrogen) atoms. The third-order valence-electron chi connectivity index (χ3n) is 3.32. The number of nitrogens with zero attached hydrogens (tertiary/aromatic N) is 1. The van der Waals surface area contributed by atoms with Crippen molar-refractivity contribution in [2.75, 3.05) is 25.4 Å². The maximum Gasteiger partial charge on any atom is 0.234 e. The molecule has 1 aliphatic heterocycles. The van der Waals surface area contributed by atoms with Crippen molar-refractivity contribution >= 4 is 11.6 Å². The summed E-state index contributed by atoms with van der Waals surface area (Å²) < 4.78 is 0. The van der Waals surface area contributed by atoms with Gasteiger partial charge in [-0.3, -0.25) is 9.69 Å². The van der Waals surface area contributed by atoms with Gasteiger partial charge >= 0.3 is 0 Å². The standard InChI is InChI=1S/C14H21N3O/c1-2-7-16-14(18)10-17-8-6-12-11(9-17)4-3-5-13(12)15/h3-5H,2,6-10,15H2,1H3,(H,16,18). The number of carbonyl (C=O) groups is 1. The van der Waals surface area contributed by atoms with Crippen LogP contribution in [-0.4, -0.2) is 30.4 Å². The van der Waals surface area contributed by atoms with Crippen LogP contribution in [0.5, 0.6) is 0 Å². The van der Waals surface area contributed by atoms with E-state index in [1.807, 2.05) is 12.1 Å². The minimum Gasteiger partial charge on any atom is -0.398 e. The molecule has 0 aliphatic carbocycles. The van der Waals surface area contributed by atoms with Gasteiger partial charge in [-0.25, -0.2) is 0 Å². The molecule has 0 atom stereocenters. The van der Waals surface area contributed by atoms with Gasteiger partial charge in [-0.2, -0.15) is 0 Å². The Morgan fingerprint density at radius 1 is 1.50 bits per heavy atom. The zero-order valence-electron chi connectivity index (χ0n) is 10.9. The Hall–Kier alpha value is -1.55. The van der Waals surface area contributed by atoms with E-state index < -0.39 is 0 Å². The van der Waals surface area contributed by atoms with E-state index in [9.17, 15) is 4.79 Å². The molecular weight excluding hydrogens is 226 g/mol. The second-order valence-electron chi connectivity index (χ2n) is 4.80. The normalized spacial score (nSPS) is 15.2. The van der Waals surface area contributed by atoms with E-state index in [4.69, 9.17) is 5.73 Å². The van der Waals surface area contributed by atoms with Crippen molar-refractivity contribution < 1.29 is 4.79 Å². The second-order valence-corrected chi connectivity index (χ2v) is 4.80. The van der Waals surface area contributed by atoms with Crippen LogP contribution >= 0.6 is 0 Å². The van der Waals surface area contributed by atoms with Crippen molar-refractivity contribution in [3.63, 3.8) is 0 Å². The van der Waals surface area contributed by atoms with Crippen LogP contribution in [0.1, 0.15) is 24.5 Å². The van der Waals surface area contributed by atoms with Crippen LogP contribution in [0.3, 0.4) is 0 Å². The molecule has 0 saturated heterocycles. The van der Waals surface area contributed by atoms with Crippen molar-refractivity contribution in [3.8, 4) is 0 Å². The molecule has 1 aliphatic rings. The van der Waals surface area contributed by atoms with Gasteiger partial charge in [0.1, 0.15) is 0 Å². The number of amides is 1. The Morgan fingerprint density at radius 3 is 3.11 bits per heavy atom. The molecule has 1 aromatic carbocycles. The average Bonchev–Trinajstić information content (AvgIpc) is 2.36. The largest absolute Gasteiger partial charge is 0.398 e. The number of benzene rings is 1. The third kappa shape index (κ3) is 3.01. The van der Waals surface area contributed by atoms with Gasteiger partial charge in [-0.15, -0.1) is 0 Å². The molecule has 0 unspecified atom stereocenters. The molecule has 4 nitrogen and oxygen atoms in total. The summed E-state index contributed by atoms with van der Waals surface area (Å²) in [5.74, 6) is 0.115. The lowest BCUT2D eigenvalue weighted by Gasteiger charge is -2.28. The van der Waals surface area contributed by atoms with E-state index in [0.29, 0.717) is 6.54 Å². The second kappa shape index (κ2) is 5.87. The number of nitrogen functional groups attached to an aromatic ring is 1. The van der Waals surface area contributed by atoms with E-state index in [0.717, 1.165) is 38.2 Å². The summed E-state index contributed by atoms with van der Waals surface area (Å²) in [6, 6.07) is 6.03. The number of nitrogens with two attached hydrogens (primary N) is 1.